The van der Waals surface area contributed by atoms with Crippen LogP contribution in [0, 0.1) is 0 Å². The highest BCUT2D eigenvalue weighted by molar-refractivity contribution is 7.89. The van der Waals surface area contributed by atoms with Gasteiger partial charge in [-0.2, -0.15) is 4.31 Å². The van der Waals surface area contributed by atoms with E-state index in [1.54, 1.807) is 41.4 Å². The second-order valence-electron chi connectivity index (χ2n) is 7.16. The van der Waals surface area contributed by atoms with Gasteiger partial charge in [-0.1, -0.05) is 0 Å². The summed E-state index contributed by atoms with van der Waals surface area (Å²) in [6, 6.07) is 5.18. The highest BCUT2D eigenvalue weighted by Gasteiger charge is 2.30. The molecule has 3 rings (SSSR count). The molecule has 8 heteroatoms. The molecule has 150 valence electrons. The van der Waals surface area contributed by atoms with Gasteiger partial charge in [0, 0.05) is 65.6 Å². The molecule has 0 N–H and O–H groups in total. The molecule has 2 aliphatic rings. The summed E-state index contributed by atoms with van der Waals surface area (Å²) in [6.07, 6.45) is 2.62. The number of hydrogen-bond acceptors (Lipinski definition) is 5. The molecule has 1 amide bonds. The fourth-order valence-electron chi connectivity index (χ4n) is 3.84. The third-order valence-electron chi connectivity index (χ3n) is 5.34. The molecule has 2 aliphatic heterocycles. The van der Waals surface area contributed by atoms with Crippen molar-refractivity contribution >= 4 is 21.6 Å². The summed E-state index contributed by atoms with van der Waals surface area (Å²) in [5, 5.41) is 0. The van der Waals surface area contributed by atoms with Gasteiger partial charge in [-0.05, 0) is 43.0 Å². The number of benzene rings is 1. The normalized spacial score (nSPS) is 19.1. The van der Waals surface area contributed by atoms with Crippen LogP contribution in [0.15, 0.2) is 23.1 Å². The lowest BCUT2D eigenvalue weighted by Crippen LogP contribution is -2.48. The molecule has 0 radical (unpaired) electrons. The molecule has 0 aliphatic carbocycles. The minimum absolute atomic E-state index is 0.00356. The second kappa shape index (κ2) is 8.68. The number of hydrogen-bond donors (Lipinski definition) is 0. The number of aryl methyl sites for hydroxylation is 1. The van der Waals surface area contributed by atoms with Crippen molar-refractivity contribution in [2.24, 2.45) is 0 Å². The minimum atomic E-state index is -3.50. The summed E-state index contributed by atoms with van der Waals surface area (Å²) in [5.41, 5.74) is 1.78. The Balaban J connectivity index is 1.70. The van der Waals surface area contributed by atoms with Crippen molar-refractivity contribution in [1.29, 1.82) is 0 Å². The van der Waals surface area contributed by atoms with Crippen LogP contribution in [0.4, 0.5) is 5.69 Å². The van der Waals surface area contributed by atoms with Crippen LogP contribution in [0.2, 0.25) is 0 Å². The second-order valence-corrected chi connectivity index (χ2v) is 9.09. The molecule has 0 unspecified atom stereocenters. The van der Waals surface area contributed by atoms with Crippen molar-refractivity contribution in [1.82, 2.24) is 9.21 Å². The molecule has 27 heavy (non-hydrogen) atoms. The Morgan fingerprint density at radius 3 is 2.56 bits per heavy atom. The average molecular weight is 396 g/mol. The van der Waals surface area contributed by atoms with Gasteiger partial charge in [-0.3, -0.25) is 4.79 Å². The molecule has 0 spiro atoms. The Bertz CT molecular complexity index is 773. The number of fused-ring (bicyclic) bond motifs is 1. The predicted octanol–water partition coefficient (Wildman–Crippen LogP) is 1.33. The molecule has 7 nitrogen and oxygen atoms in total. The summed E-state index contributed by atoms with van der Waals surface area (Å²) in [7, 11) is -1.81. The number of piperazine rings is 1. The van der Waals surface area contributed by atoms with E-state index in [2.05, 4.69) is 4.90 Å². The molecule has 1 fully saturated rings. The van der Waals surface area contributed by atoms with Crippen LogP contribution in [0.3, 0.4) is 0 Å². The van der Waals surface area contributed by atoms with Gasteiger partial charge in [0.25, 0.3) is 0 Å². The highest BCUT2D eigenvalue weighted by Crippen LogP contribution is 2.30. The first kappa shape index (κ1) is 20.3. The van der Waals surface area contributed by atoms with E-state index in [-0.39, 0.29) is 5.91 Å². The van der Waals surface area contributed by atoms with E-state index in [9.17, 15) is 13.2 Å². The van der Waals surface area contributed by atoms with E-state index in [1.807, 2.05) is 0 Å². The first-order valence-electron chi connectivity index (χ1n) is 9.56. The van der Waals surface area contributed by atoms with Crippen molar-refractivity contribution in [2.45, 2.75) is 31.1 Å². The SMILES string of the molecule is COCCCN1CCN(S(=O)(=O)c2ccc3c(c2)CCCN3C(C)=O)CC1. The van der Waals surface area contributed by atoms with E-state index in [0.29, 0.717) is 24.5 Å². The highest BCUT2D eigenvalue weighted by atomic mass is 32.2. The van der Waals surface area contributed by atoms with Gasteiger partial charge in [-0.15, -0.1) is 0 Å². The molecule has 2 heterocycles. The van der Waals surface area contributed by atoms with Crippen molar-refractivity contribution in [2.75, 3.05) is 57.9 Å². The number of amides is 1. The Kier molecular flexibility index (Phi) is 6.52. The van der Waals surface area contributed by atoms with Crippen LogP contribution in [0.1, 0.15) is 25.3 Å². The quantitative estimate of drug-likeness (QED) is 0.680. The number of anilines is 1. The topological polar surface area (TPSA) is 70.2 Å². The molecule has 0 saturated carbocycles. The maximum Gasteiger partial charge on any atom is 0.243 e. The van der Waals surface area contributed by atoms with E-state index in [1.165, 1.54) is 0 Å². The van der Waals surface area contributed by atoms with Crippen LogP contribution in [-0.4, -0.2) is 76.5 Å². The maximum absolute atomic E-state index is 13.1. The minimum Gasteiger partial charge on any atom is -0.385 e. The predicted molar refractivity (Wildman–Crippen MR) is 104 cm³/mol. The van der Waals surface area contributed by atoms with Crippen LogP contribution in [0.25, 0.3) is 0 Å². The zero-order chi connectivity index (χ0) is 19.4. The van der Waals surface area contributed by atoms with Gasteiger partial charge in [0.2, 0.25) is 15.9 Å². The number of ether oxygens (including phenoxy) is 1. The fourth-order valence-corrected chi connectivity index (χ4v) is 5.31. The van der Waals surface area contributed by atoms with Crippen molar-refractivity contribution in [3.05, 3.63) is 23.8 Å². The fraction of sp³-hybridized carbons (Fsp3) is 0.632. The summed E-state index contributed by atoms with van der Waals surface area (Å²) >= 11 is 0. The standard InChI is InChI=1S/C19H29N3O4S/c1-16(23)22-9-3-5-17-15-18(6-7-19(17)22)27(24,25)21-12-10-20(11-13-21)8-4-14-26-2/h6-7,15H,3-5,8-14H2,1-2H3. The first-order valence-corrected chi connectivity index (χ1v) is 11.0. The number of methoxy groups -OCH3 is 1. The van der Waals surface area contributed by atoms with Crippen LogP contribution < -0.4 is 4.90 Å². The third kappa shape index (κ3) is 4.51. The van der Waals surface area contributed by atoms with E-state index < -0.39 is 10.0 Å². The van der Waals surface area contributed by atoms with Gasteiger partial charge >= 0.3 is 0 Å². The van der Waals surface area contributed by atoms with Gasteiger partial charge in [-0.25, -0.2) is 8.42 Å². The molecule has 1 aromatic rings. The maximum atomic E-state index is 13.1. The molecule has 1 saturated heterocycles. The van der Waals surface area contributed by atoms with Gasteiger partial charge in [0.15, 0.2) is 0 Å². The molecular formula is C19H29N3O4S. The lowest BCUT2D eigenvalue weighted by Gasteiger charge is -2.34. The van der Waals surface area contributed by atoms with E-state index in [0.717, 1.165) is 56.8 Å². The Hall–Kier alpha value is -1.48. The molecule has 0 atom stereocenters. The average Bonchev–Trinajstić information content (AvgIpc) is 2.67. The van der Waals surface area contributed by atoms with Crippen molar-refractivity contribution in [3.8, 4) is 0 Å². The molecule has 1 aromatic carbocycles. The summed E-state index contributed by atoms with van der Waals surface area (Å²) in [4.78, 5) is 16.1. The Labute approximate surface area is 161 Å². The summed E-state index contributed by atoms with van der Waals surface area (Å²) in [6.45, 7) is 6.40. The zero-order valence-electron chi connectivity index (χ0n) is 16.2. The number of nitrogens with zero attached hydrogens (tertiary/aromatic N) is 3. The molecule has 0 bridgehead atoms. The smallest absolute Gasteiger partial charge is 0.243 e. The summed E-state index contributed by atoms with van der Waals surface area (Å²) in [5.74, 6) is -0.00356. The Morgan fingerprint density at radius 1 is 1.15 bits per heavy atom. The zero-order valence-corrected chi connectivity index (χ0v) is 17.0. The number of carbonyl (C=O) groups excluding carboxylic acids is 1. The number of rotatable bonds is 6. The Morgan fingerprint density at radius 2 is 1.89 bits per heavy atom. The van der Waals surface area contributed by atoms with Crippen molar-refractivity contribution in [3.63, 3.8) is 0 Å². The number of carbonyl (C=O) groups is 1. The van der Waals surface area contributed by atoms with Crippen LogP contribution >= 0.6 is 0 Å². The number of sulfonamides is 1. The summed E-state index contributed by atoms with van der Waals surface area (Å²) < 4.78 is 32.8. The largest absolute Gasteiger partial charge is 0.385 e. The lowest BCUT2D eigenvalue weighted by atomic mass is 10.0. The van der Waals surface area contributed by atoms with Crippen LogP contribution in [-0.2, 0) is 26.0 Å². The van der Waals surface area contributed by atoms with E-state index in [4.69, 9.17) is 4.74 Å². The monoisotopic (exact) mass is 395 g/mol. The van der Waals surface area contributed by atoms with Gasteiger partial charge in [0.05, 0.1) is 4.90 Å². The van der Waals surface area contributed by atoms with Crippen molar-refractivity contribution < 1.29 is 17.9 Å². The molecular weight excluding hydrogens is 366 g/mol. The van der Waals surface area contributed by atoms with E-state index >= 15 is 0 Å². The third-order valence-corrected chi connectivity index (χ3v) is 7.24. The first-order chi connectivity index (χ1) is 12.9. The lowest BCUT2D eigenvalue weighted by molar-refractivity contribution is -0.116. The van der Waals surface area contributed by atoms with Crippen LogP contribution in [0.5, 0.6) is 0 Å². The molecule has 0 aromatic heterocycles. The van der Waals surface area contributed by atoms with Gasteiger partial charge < -0.3 is 14.5 Å². The van der Waals surface area contributed by atoms with Gasteiger partial charge in [0.1, 0.15) is 0 Å².